The van der Waals surface area contributed by atoms with Crippen LogP contribution in [0.5, 0.6) is 0 Å². The number of anilines is 1. The fourth-order valence-corrected chi connectivity index (χ4v) is 1.46. The molecule has 0 bridgehead atoms. The number of carbonyl (C=O) groups is 1. The van der Waals surface area contributed by atoms with Crippen LogP contribution in [0.1, 0.15) is 13.8 Å². The van der Waals surface area contributed by atoms with Crippen molar-refractivity contribution in [3.63, 3.8) is 0 Å². The minimum absolute atomic E-state index is 0.0197. The molecule has 0 spiro atoms. The van der Waals surface area contributed by atoms with Crippen LogP contribution in [0.25, 0.3) is 0 Å². The standard InChI is InChI=1S/C10H14BrN3O/c1-7(2)14-10(15)6-13-9-3-4-12-5-8(9)11/h3-5,7H,6H2,1-2H3,(H,12,13)(H,14,15). The summed E-state index contributed by atoms with van der Waals surface area (Å²) in [5.74, 6) is -0.0197. The third kappa shape index (κ3) is 4.29. The molecule has 0 aliphatic carbocycles. The Bertz CT molecular complexity index is 341. The van der Waals surface area contributed by atoms with Gasteiger partial charge in [0.15, 0.2) is 0 Å². The Hall–Kier alpha value is -1.10. The molecule has 1 aromatic heterocycles. The van der Waals surface area contributed by atoms with Gasteiger partial charge in [-0.1, -0.05) is 0 Å². The van der Waals surface area contributed by atoms with E-state index in [9.17, 15) is 4.79 Å². The van der Waals surface area contributed by atoms with Gasteiger partial charge in [-0.2, -0.15) is 0 Å². The average Bonchev–Trinajstić information content (AvgIpc) is 2.15. The molecular weight excluding hydrogens is 258 g/mol. The first-order valence-corrected chi connectivity index (χ1v) is 5.51. The van der Waals surface area contributed by atoms with Crippen molar-refractivity contribution >= 4 is 27.5 Å². The number of nitrogens with one attached hydrogen (secondary N) is 2. The highest BCUT2D eigenvalue weighted by Crippen LogP contribution is 2.19. The highest BCUT2D eigenvalue weighted by atomic mass is 79.9. The number of pyridine rings is 1. The van der Waals surface area contributed by atoms with Crippen LogP contribution in [0.2, 0.25) is 0 Å². The quantitative estimate of drug-likeness (QED) is 0.878. The lowest BCUT2D eigenvalue weighted by atomic mass is 10.3. The predicted molar refractivity (Wildman–Crippen MR) is 63.7 cm³/mol. The summed E-state index contributed by atoms with van der Waals surface area (Å²) in [6, 6.07) is 1.98. The second kappa shape index (κ2) is 5.70. The van der Waals surface area contributed by atoms with Gasteiger partial charge in [0.25, 0.3) is 0 Å². The molecule has 2 N–H and O–H groups in total. The van der Waals surface area contributed by atoms with E-state index >= 15 is 0 Å². The first kappa shape index (κ1) is 12.0. The van der Waals surface area contributed by atoms with E-state index < -0.39 is 0 Å². The van der Waals surface area contributed by atoms with Gasteiger partial charge in [-0.15, -0.1) is 0 Å². The smallest absolute Gasteiger partial charge is 0.239 e. The normalized spacial score (nSPS) is 10.1. The maximum absolute atomic E-state index is 11.3. The summed E-state index contributed by atoms with van der Waals surface area (Å²) in [4.78, 5) is 15.3. The van der Waals surface area contributed by atoms with E-state index in [0.717, 1.165) is 10.2 Å². The van der Waals surface area contributed by atoms with E-state index in [2.05, 4.69) is 31.5 Å². The molecule has 15 heavy (non-hydrogen) atoms. The Kier molecular flexibility index (Phi) is 4.55. The maximum atomic E-state index is 11.3. The van der Waals surface area contributed by atoms with Crippen molar-refractivity contribution in [3.8, 4) is 0 Å². The summed E-state index contributed by atoms with van der Waals surface area (Å²) in [5.41, 5.74) is 0.865. The van der Waals surface area contributed by atoms with Gasteiger partial charge in [0.1, 0.15) is 0 Å². The van der Waals surface area contributed by atoms with Gasteiger partial charge in [-0.3, -0.25) is 9.78 Å². The third-order valence-electron chi connectivity index (χ3n) is 1.66. The van der Waals surface area contributed by atoms with Crippen molar-refractivity contribution in [1.29, 1.82) is 0 Å². The van der Waals surface area contributed by atoms with Crippen molar-refractivity contribution < 1.29 is 4.79 Å². The number of amides is 1. The van der Waals surface area contributed by atoms with E-state index in [0.29, 0.717) is 0 Å². The molecule has 0 unspecified atom stereocenters. The van der Waals surface area contributed by atoms with Crippen LogP contribution in [0.3, 0.4) is 0 Å². The van der Waals surface area contributed by atoms with E-state index in [1.807, 2.05) is 19.9 Å². The largest absolute Gasteiger partial charge is 0.375 e. The van der Waals surface area contributed by atoms with E-state index in [1.54, 1.807) is 12.4 Å². The summed E-state index contributed by atoms with van der Waals surface area (Å²) in [6.07, 6.45) is 3.36. The number of hydrogen-bond acceptors (Lipinski definition) is 3. The number of rotatable bonds is 4. The Labute approximate surface area is 97.6 Å². The fourth-order valence-electron chi connectivity index (χ4n) is 1.07. The Balaban J connectivity index is 2.44. The van der Waals surface area contributed by atoms with Gasteiger partial charge >= 0.3 is 0 Å². The molecule has 0 atom stereocenters. The highest BCUT2D eigenvalue weighted by Gasteiger charge is 2.04. The highest BCUT2D eigenvalue weighted by molar-refractivity contribution is 9.10. The Morgan fingerprint density at radius 3 is 2.93 bits per heavy atom. The molecule has 1 heterocycles. The Morgan fingerprint density at radius 1 is 1.60 bits per heavy atom. The van der Waals surface area contributed by atoms with Crippen LogP contribution >= 0.6 is 15.9 Å². The molecule has 0 aliphatic rings. The molecule has 0 fully saturated rings. The molecule has 0 radical (unpaired) electrons. The molecule has 1 aromatic rings. The van der Waals surface area contributed by atoms with Crippen LogP contribution in [-0.2, 0) is 4.79 Å². The number of nitrogens with zero attached hydrogens (tertiary/aromatic N) is 1. The lowest BCUT2D eigenvalue weighted by molar-refractivity contribution is -0.119. The molecule has 0 saturated heterocycles. The first-order chi connectivity index (χ1) is 7.09. The number of carbonyl (C=O) groups excluding carboxylic acids is 1. The van der Waals surface area contributed by atoms with Gasteiger partial charge in [0.2, 0.25) is 5.91 Å². The predicted octanol–water partition coefficient (Wildman–Crippen LogP) is 1.78. The van der Waals surface area contributed by atoms with Crippen LogP contribution in [0.4, 0.5) is 5.69 Å². The van der Waals surface area contributed by atoms with Crippen LogP contribution in [0, 0.1) is 0 Å². The second-order valence-corrected chi connectivity index (χ2v) is 4.29. The molecule has 0 saturated carbocycles. The van der Waals surface area contributed by atoms with Gasteiger partial charge < -0.3 is 10.6 Å². The molecule has 5 heteroatoms. The average molecular weight is 272 g/mol. The van der Waals surface area contributed by atoms with Gasteiger partial charge in [-0.25, -0.2) is 0 Å². The molecule has 0 aliphatic heterocycles. The second-order valence-electron chi connectivity index (χ2n) is 3.43. The zero-order chi connectivity index (χ0) is 11.3. The molecular formula is C10H14BrN3O. The Morgan fingerprint density at radius 2 is 2.33 bits per heavy atom. The monoisotopic (exact) mass is 271 g/mol. The van der Waals surface area contributed by atoms with E-state index in [4.69, 9.17) is 0 Å². The summed E-state index contributed by atoms with van der Waals surface area (Å²) in [6.45, 7) is 4.13. The van der Waals surface area contributed by atoms with E-state index in [1.165, 1.54) is 0 Å². The first-order valence-electron chi connectivity index (χ1n) is 4.72. The van der Waals surface area contributed by atoms with Gasteiger partial charge in [0.05, 0.1) is 16.7 Å². The molecule has 1 rings (SSSR count). The van der Waals surface area contributed by atoms with Crippen molar-refractivity contribution in [2.75, 3.05) is 11.9 Å². The zero-order valence-corrected chi connectivity index (χ0v) is 10.3. The minimum Gasteiger partial charge on any atom is -0.375 e. The lowest BCUT2D eigenvalue weighted by Gasteiger charge is -2.10. The van der Waals surface area contributed by atoms with E-state index in [-0.39, 0.29) is 18.5 Å². The minimum atomic E-state index is -0.0197. The third-order valence-corrected chi connectivity index (χ3v) is 2.29. The van der Waals surface area contributed by atoms with Gasteiger partial charge in [0, 0.05) is 18.4 Å². The van der Waals surface area contributed by atoms with Crippen LogP contribution in [0.15, 0.2) is 22.9 Å². The van der Waals surface area contributed by atoms with Gasteiger partial charge in [-0.05, 0) is 35.8 Å². The summed E-state index contributed by atoms with van der Waals surface area (Å²) in [5, 5.41) is 5.82. The summed E-state index contributed by atoms with van der Waals surface area (Å²) in [7, 11) is 0. The zero-order valence-electron chi connectivity index (χ0n) is 8.75. The van der Waals surface area contributed by atoms with Crippen molar-refractivity contribution in [2.24, 2.45) is 0 Å². The van der Waals surface area contributed by atoms with Crippen molar-refractivity contribution in [3.05, 3.63) is 22.9 Å². The number of hydrogen-bond donors (Lipinski definition) is 2. The van der Waals surface area contributed by atoms with Crippen molar-refractivity contribution in [2.45, 2.75) is 19.9 Å². The maximum Gasteiger partial charge on any atom is 0.239 e. The number of aromatic nitrogens is 1. The lowest BCUT2D eigenvalue weighted by Crippen LogP contribution is -2.34. The summed E-state index contributed by atoms with van der Waals surface area (Å²) < 4.78 is 0.849. The van der Waals surface area contributed by atoms with Crippen LogP contribution in [-0.4, -0.2) is 23.5 Å². The molecule has 1 amide bonds. The molecule has 4 nitrogen and oxygen atoms in total. The van der Waals surface area contributed by atoms with Crippen molar-refractivity contribution in [1.82, 2.24) is 10.3 Å². The SMILES string of the molecule is CC(C)NC(=O)CNc1ccncc1Br. The topological polar surface area (TPSA) is 54.0 Å². The summed E-state index contributed by atoms with van der Waals surface area (Å²) >= 11 is 3.34. The molecule has 82 valence electrons. The molecule has 0 aromatic carbocycles. The van der Waals surface area contributed by atoms with Crippen LogP contribution < -0.4 is 10.6 Å². The number of halogens is 1. The fraction of sp³-hybridized carbons (Fsp3) is 0.400.